The first-order valence-electron chi connectivity index (χ1n) is 14.5. The van der Waals surface area contributed by atoms with Gasteiger partial charge in [0.25, 0.3) is 0 Å². The topological polar surface area (TPSA) is 94.1 Å². The molecule has 8 nitrogen and oxygen atoms in total. The minimum Gasteiger partial charge on any atom is -0.480 e. The summed E-state index contributed by atoms with van der Waals surface area (Å²) < 4.78 is 5.39. The van der Waals surface area contributed by atoms with Gasteiger partial charge >= 0.3 is 12.1 Å². The van der Waals surface area contributed by atoms with Gasteiger partial charge < -0.3 is 25.4 Å². The second-order valence-corrected chi connectivity index (χ2v) is 12.0. The fraction of sp³-hybridized carbons (Fsp3) is 0.353. The van der Waals surface area contributed by atoms with Crippen LogP contribution in [0, 0.1) is 0 Å². The summed E-state index contributed by atoms with van der Waals surface area (Å²) in [4.78, 5) is 29.0. The van der Waals surface area contributed by atoms with Crippen molar-refractivity contribution in [1.29, 1.82) is 0 Å². The molecule has 3 N–H and O–H groups in total. The quantitative estimate of drug-likeness (QED) is 0.308. The van der Waals surface area contributed by atoms with Crippen molar-refractivity contribution in [2.75, 3.05) is 19.8 Å². The number of carbonyl (C=O) groups excluding carboxylic acids is 1. The van der Waals surface area contributed by atoms with Crippen LogP contribution in [0.3, 0.4) is 0 Å². The Labute approximate surface area is 248 Å². The summed E-state index contributed by atoms with van der Waals surface area (Å²) in [5.41, 5.74) is 2.99. The van der Waals surface area contributed by atoms with Crippen LogP contribution in [0.25, 0.3) is 0 Å². The lowest BCUT2D eigenvalue weighted by atomic mass is 9.76. The first-order valence-corrected chi connectivity index (χ1v) is 14.5. The molecule has 0 saturated carbocycles. The first kappa shape index (κ1) is 29.2. The number of amides is 1. The zero-order valence-corrected chi connectivity index (χ0v) is 24.5. The summed E-state index contributed by atoms with van der Waals surface area (Å²) in [7, 11) is 0. The highest BCUT2D eigenvalue weighted by Gasteiger charge is 2.43. The zero-order chi connectivity index (χ0) is 29.7. The molecule has 2 aliphatic heterocycles. The molecule has 220 valence electrons. The van der Waals surface area contributed by atoms with E-state index in [9.17, 15) is 14.7 Å². The number of benzene rings is 3. The Morgan fingerprint density at radius 3 is 1.93 bits per heavy atom. The Morgan fingerprint density at radius 2 is 1.45 bits per heavy atom. The standard InChI is InChI=1S/C34H40N4O4/c1-33(2,3)42-32(41)36-28-19-20-37(22-28)30(31(39)40)21-29-23-38(24-35-29)34(25-13-7-4-8-14-25,26-15-9-5-10-16-26)27-17-11-6-12-18-27/h4-18,23,28,30,35H,19-22,24H2,1-3H3,(H,36,41)(H,39,40). The van der Waals surface area contributed by atoms with Crippen molar-refractivity contribution in [3.8, 4) is 0 Å². The highest BCUT2D eigenvalue weighted by molar-refractivity contribution is 5.74. The molecule has 2 unspecified atom stereocenters. The van der Waals surface area contributed by atoms with Gasteiger partial charge in [0.05, 0.1) is 6.67 Å². The van der Waals surface area contributed by atoms with Gasteiger partial charge in [0.15, 0.2) is 0 Å². The molecule has 0 aliphatic carbocycles. The molecular formula is C34H40N4O4. The number of carboxylic acid groups (broad SMARTS) is 1. The number of rotatable bonds is 9. The molecule has 0 spiro atoms. The molecule has 0 aromatic heterocycles. The summed E-state index contributed by atoms with van der Waals surface area (Å²) in [5, 5.41) is 16.7. The molecule has 1 amide bonds. The summed E-state index contributed by atoms with van der Waals surface area (Å²) in [5.74, 6) is -0.880. The second-order valence-electron chi connectivity index (χ2n) is 12.0. The van der Waals surface area contributed by atoms with Gasteiger partial charge in [-0.25, -0.2) is 4.79 Å². The zero-order valence-electron chi connectivity index (χ0n) is 24.5. The molecule has 3 aromatic carbocycles. The number of carboxylic acids is 1. The minimum atomic E-state index is -0.880. The van der Waals surface area contributed by atoms with Crippen LogP contribution < -0.4 is 10.6 Å². The van der Waals surface area contributed by atoms with E-state index in [1.807, 2.05) is 43.9 Å². The van der Waals surface area contributed by atoms with Gasteiger partial charge in [-0.1, -0.05) is 91.0 Å². The van der Waals surface area contributed by atoms with Crippen molar-refractivity contribution in [3.63, 3.8) is 0 Å². The third-order valence-electron chi connectivity index (χ3n) is 7.87. The van der Waals surface area contributed by atoms with Crippen LogP contribution in [0.1, 0.15) is 50.3 Å². The highest BCUT2D eigenvalue weighted by Crippen LogP contribution is 2.43. The molecular weight excluding hydrogens is 528 g/mol. The van der Waals surface area contributed by atoms with Crippen LogP contribution >= 0.6 is 0 Å². The molecule has 1 saturated heterocycles. The van der Waals surface area contributed by atoms with Gasteiger partial charge in [0.2, 0.25) is 0 Å². The highest BCUT2D eigenvalue weighted by atomic mass is 16.6. The number of hydrogen-bond donors (Lipinski definition) is 3. The molecule has 8 heteroatoms. The van der Waals surface area contributed by atoms with Crippen LogP contribution in [0.2, 0.25) is 0 Å². The van der Waals surface area contributed by atoms with Gasteiger partial charge in [-0.3, -0.25) is 9.69 Å². The second kappa shape index (κ2) is 12.3. The van der Waals surface area contributed by atoms with Crippen molar-refractivity contribution < 1.29 is 19.4 Å². The molecule has 5 rings (SSSR count). The van der Waals surface area contributed by atoms with Crippen LogP contribution in [0.15, 0.2) is 103 Å². The van der Waals surface area contributed by atoms with Gasteiger partial charge in [-0.15, -0.1) is 0 Å². The minimum absolute atomic E-state index is 0.161. The Hall–Kier alpha value is -4.30. The molecule has 0 radical (unpaired) electrons. The Kier molecular flexibility index (Phi) is 8.54. The molecule has 0 bridgehead atoms. The summed E-state index contributed by atoms with van der Waals surface area (Å²) >= 11 is 0. The molecule has 2 heterocycles. The van der Waals surface area contributed by atoms with E-state index in [0.717, 1.165) is 22.4 Å². The molecule has 2 atom stereocenters. The number of ether oxygens (including phenoxy) is 1. The van der Waals surface area contributed by atoms with Crippen molar-refractivity contribution in [2.45, 2.75) is 56.8 Å². The van der Waals surface area contributed by atoms with Gasteiger partial charge in [-0.2, -0.15) is 0 Å². The maximum absolute atomic E-state index is 12.5. The lowest BCUT2D eigenvalue weighted by Crippen LogP contribution is -2.46. The fourth-order valence-electron chi connectivity index (χ4n) is 6.09. The Morgan fingerprint density at radius 1 is 0.929 bits per heavy atom. The molecule has 42 heavy (non-hydrogen) atoms. The van der Waals surface area contributed by atoms with E-state index in [4.69, 9.17) is 4.74 Å². The third-order valence-corrected chi connectivity index (χ3v) is 7.87. The molecule has 1 fully saturated rings. The smallest absolute Gasteiger partial charge is 0.407 e. The summed E-state index contributed by atoms with van der Waals surface area (Å²) in [6.07, 6.45) is 2.59. The maximum atomic E-state index is 12.5. The SMILES string of the molecule is CC(C)(C)OC(=O)NC1CCN(C(CC2=CN(C(c3ccccc3)(c3ccccc3)c3ccccc3)CN2)C(=O)O)C1. The van der Waals surface area contributed by atoms with Crippen molar-refractivity contribution in [1.82, 2.24) is 20.4 Å². The Bertz CT molecular complexity index is 1290. The fourth-order valence-corrected chi connectivity index (χ4v) is 6.09. The average Bonchev–Trinajstić information content (AvgIpc) is 3.63. The van der Waals surface area contributed by atoms with Gasteiger partial charge in [0.1, 0.15) is 17.2 Å². The van der Waals surface area contributed by atoms with Crippen LogP contribution in [0.5, 0.6) is 0 Å². The van der Waals surface area contributed by atoms with E-state index in [2.05, 4.69) is 94.5 Å². The summed E-state index contributed by atoms with van der Waals surface area (Å²) in [6, 6.07) is 30.4. The Balaban J connectivity index is 1.42. The molecule has 2 aliphatic rings. The predicted molar refractivity (Wildman–Crippen MR) is 163 cm³/mol. The lowest BCUT2D eigenvalue weighted by Gasteiger charge is -2.43. The predicted octanol–water partition coefficient (Wildman–Crippen LogP) is 5.12. The van der Waals surface area contributed by atoms with Crippen LogP contribution in [-0.2, 0) is 15.1 Å². The lowest BCUT2D eigenvalue weighted by molar-refractivity contribution is -0.142. The van der Waals surface area contributed by atoms with Crippen LogP contribution in [-0.4, -0.2) is 64.4 Å². The number of likely N-dealkylation sites (tertiary alicyclic amines) is 1. The average molecular weight is 569 g/mol. The van der Waals surface area contributed by atoms with E-state index in [-0.39, 0.29) is 6.04 Å². The van der Waals surface area contributed by atoms with Gasteiger partial charge in [-0.05, 0) is 43.9 Å². The number of hydrogen-bond acceptors (Lipinski definition) is 6. The van der Waals surface area contributed by atoms with E-state index in [1.165, 1.54) is 0 Å². The van der Waals surface area contributed by atoms with Crippen molar-refractivity contribution >= 4 is 12.1 Å². The molecule has 3 aromatic rings. The van der Waals surface area contributed by atoms with E-state index < -0.39 is 29.2 Å². The van der Waals surface area contributed by atoms with Crippen LogP contribution in [0.4, 0.5) is 4.79 Å². The number of nitrogens with zero attached hydrogens (tertiary/aromatic N) is 2. The third kappa shape index (κ3) is 6.29. The summed E-state index contributed by atoms with van der Waals surface area (Å²) in [6.45, 7) is 7.01. The van der Waals surface area contributed by atoms with Crippen molar-refractivity contribution in [2.24, 2.45) is 0 Å². The van der Waals surface area contributed by atoms with E-state index >= 15 is 0 Å². The normalized spacial score (nSPS) is 18.2. The van der Waals surface area contributed by atoms with Crippen molar-refractivity contribution in [3.05, 3.63) is 120 Å². The van der Waals surface area contributed by atoms with E-state index in [1.54, 1.807) is 0 Å². The maximum Gasteiger partial charge on any atom is 0.407 e. The largest absolute Gasteiger partial charge is 0.480 e. The number of carbonyl (C=O) groups is 2. The first-order chi connectivity index (χ1) is 20.2. The van der Waals surface area contributed by atoms with E-state index in [0.29, 0.717) is 32.6 Å². The van der Waals surface area contributed by atoms with Gasteiger partial charge in [0, 0.05) is 37.4 Å². The number of aliphatic carboxylic acids is 1. The number of alkyl carbamates (subject to hydrolysis) is 1. The monoisotopic (exact) mass is 568 g/mol. The number of nitrogens with one attached hydrogen (secondary N) is 2.